The first-order chi connectivity index (χ1) is 15.2. The standard InChI is InChI=1S/C25H50N2O3S/c1-2-3-4-5-6-7-8-9-10-11-12-13-14-15-16-17-20-26-22-23-27(25-26)21-18-19-24-30-31(28)29/h22-23,31H,2-21,24-25H2,1H3. The number of thiol groups is 1. The fourth-order valence-electron chi connectivity index (χ4n) is 4.23. The van der Waals surface area contributed by atoms with E-state index in [9.17, 15) is 8.42 Å². The molecule has 0 atom stereocenters. The lowest BCUT2D eigenvalue weighted by atomic mass is 10.0. The van der Waals surface area contributed by atoms with Crippen LogP contribution in [0.5, 0.6) is 0 Å². The molecule has 1 heterocycles. The minimum absolute atomic E-state index is 0.305. The molecular weight excluding hydrogens is 408 g/mol. The van der Waals surface area contributed by atoms with Crippen LogP contribution in [0.15, 0.2) is 12.4 Å². The van der Waals surface area contributed by atoms with Gasteiger partial charge in [0.2, 0.25) is 0 Å². The molecule has 5 nitrogen and oxygen atoms in total. The van der Waals surface area contributed by atoms with Crippen molar-refractivity contribution >= 4 is 11.0 Å². The van der Waals surface area contributed by atoms with E-state index in [1.165, 1.54) is 103 Å². The molecule has 0 N–H and O–H groups in total. The molecule has 1 aliphatic heterocycles. The van der Waals surface area contributed by atoms with Crippen LogP contribution < -0.4 is 0 Å². The summed E-state index contributed by atoms with van der Waals surface area (Å²) in [6.07, 6.45) is 28.7. The first-order valence-corrected chi connectivity index (χ1v) is 14.3. The maximum Gasteiger partial charge on any atom is 0.257 e. The average molecular weight is 459 g/mol. The lowest BCUT2D eigenvalue weighted by Gasteiger charge is -2.21. The van der Waals surface area contributed by atoms with Crippen molar-refractivity contribution in [2.45, 2.75) is 122 Å². The van der Waals surface area contributed by atoms with Crippen LogP contribution in [-0.2, 0) is 15.2 Å². The van der Waals surface area contributed by atoms with Crippen molar-refractivity contribution in [3.05, 3.63) is 12.4 Å². The summed E-state index contributed by atoms with van der Waals surface area (Å²) >= 11 is 0. The smallest absolute Gasteiger partial charge is 0.257 e. The van der Waals surface area contributed by atoms with Gasteiger partial charge in [-0.1, -0.05) is 103 Å². The van der Waals surface area contributed by atoms with Gasteiger partial charge in [0, 0.05) is 25.5 Å². The lowest BCUT2D eigenvalue weighted by molar-refractivity contribution is 0.249. The Kier molecular flexibility index (Phi) is 19.3. The number of rotatable bonds is 23. The van der Waals surface area contributed by atoms with E-state index >= 15 is 0 Å². The van der Waals surface area contributed by atoms with Crippen molar-refractivity contribution in [3.63, 3.8) is 0 Å². The molecule has 0 spiro atoms. The summed E-state index contributed by atoms with van der Waals surface area (Å²) in [6.45, 7) is 5.67. The minimum atomic E-state index is -2.69. The first kappa shape index (κ1) is 28.3. The number of nitrogens with zero attached hydrogens (tertiary/aromatic N) is 2. The predicted molar refractivity (Wildman–Crippen MR) is 132 cm³/mol. The highest BCUT2D eigenvalue weighted by Crippen LogP contribution is 2.14. The molecule has 0 aliphatic carbocycles. The van der Waals surface area contributed by atoms with Gasteiger partial charge < -0.3 is 9.80 Å². The highest BCUT2D eigenvalue weighted by atomic mass is 32.2. The molecule has 0 saturated heterocycles. The molecule has 1 rings (SSSR count). The van der Waals surface area contributed by atoms with E-state index < -0.39 is 11.0 Å². The quantitative estimate of drug-likeness (QED) is 0.138. The van der Waals surface area contributed by atoms with Crippen LogP contribution in [0.2, 0.25) is 0 Å². The molecule has 0 amide bonds. The van der Waals surface area contributed by atoms with Crippen LogP contribution in [0.25, 0.3) is 0 Å². The van der Waals surface area contributed by atoms with Crippen molar-refractivity contribution in [2.24, 2.45) is 0 Å². The second kappa shape index (κ2) is 21.1. The normalized spacial score (nSPS) is 13.7. The second-order valence-corrected chi connectivity index (χ2v) is 9.84. The Labute approximate surface area is 194 Å². The molecule has 6 heteroatoms. The van der Waals surface area contributed by atoms with Gasteiger partial charge in [0.15, 0.2) is 0 Å². The SMILES string of the molecule is CCCCCCCCCCCCCCCCCCN1C=CN(CCCCO[SH](=O)=O)C1. The van der Waals surface area contributed by atoms with E-state index in [0.717, 1.165) is 32.6 Å². The van der Waals surface area contributed by atoms with Crippen molar-refractivity contribution in [3.8, 4) is 0 Å². The zero-order valence-electron chi connectivity index (χ0n) is 20.3. The Balaban J connectivity index is 1.77. The summed E-state index contributed by atoms with van der Waals surface area (Å²) in [4.78, 5) is 4.68. The number of unbranched alkanes of at least 4 members (excludes halogenated alkanes) is 16. The van der Waals surface area contributed by atoms with Crippen molar-refractivity contribution in [1.29, 1.82) is 0 Å². The molecule has 0 bridgehead atoms. The zero-order chi connectivity index (χ0) is 22.4. The van der Waals surface area contributed by atoms with Crippen LogP contribution in [0.1, 0.15) is 122 Å². The van der Waals surface area contributed by atoms with E-state index in [2.05, 4.69) is 33.3 Å². The predicted octanol–water partition coefficient (Wildman–Crippen LogP) is 6.62. The Morgan fingerprint density at radius 2 is 1.00 bits per heavy atom. The van der Waals surface area contributed by atoms with Crippen LogP contribution in [0.4, 0.5) is 0 Å². The van der Waals surface area contributed by atoms with E-state index in [-0.39, 0.29) is 0 Å². The van der Waals surface area contributed by atoms with Crippen molar-refractivity contribution in [1.82, 2.24) is 9.80 Å². The Morgan fingerprint density at radius 1 is 0.613 bits per heavy atom. The molecule has 0 aromatic carbocycles. The fourth-order valence-corrected chi connectivity index (χ4v) is 4.50. The van der Waals surface area contributed by atoms with E-state index in [0.29, 0.717) is 6.61 Å². The van der Waals surface area contributed by atoms with Crippen molar-refractivity contribution < 1.29 is 12.6 Å². The molecular formula is C25H50N2O3S. The Morgan fingerprint density at radius 3 is 1.42 bits per heavy atom. The molecule has 0 aromatic rings. The first-order valence-electron chi connectivity index (χ1n) is 13.2. The van der Waals surface area contributed by atoms with Gasteiger partial charge in [0.05, 0.1) is 13.3 Å². The lowest BCUT2D eigenvalue weighted by Crippen LogP contribution is -2.26. The van der Waals surface area contributed by atoms with Gasteiger partial charge >= 0.3 is 0 Å². The van der Waals surface area contributed by atoms with E-state index in [1.807, 2.05) is 0 Å². The summed E-state index contributed by atoms with van der Waals surface area (Å²) in [7, 11) is -2.69. The maximum absolute atomic E-state index is 10.3. The molecule has 0 radical (unpaired) electrons. The molecule has 31 heavy (non-hydrogen) atoms. The number of hydrogen-bond acceptors (Lipinski definition) is 5. The Hall–Kier alpha value is -0.750. The molecule has 184 valence electrons. The van der Waals surface area contributed by atoms with Gasteiger partial charge in [-0.05, 0) is 19.3 Å². The van der Waals surface area contributed by atoms with Crippen LogP contribution in [-0.4, -0.2) is 44.6 Å². The zero-order valence-corrected chi connectivity index (χ0v) is 21.2. The van der Waals surface area contributed by atoms with E-state index in [1.54, 1.807) is 0 Å². The minimum Gasteiger partial charge on any atom is -0.359 e. The summed E-state index contributed by atoms with van der Waals surface area (Å²) in [5.74, 6) is 0. The summed E-state index contributed by atoms with van der Waals surface area (Å²) < 4.78 is 25.2. The van der Waals surface area contributed by atoms with Crippen LogP contribution in [0.3, 0.4) is 0 Å². The van der Waals surface area contributed by atoms with Crippen LogP contribution >= 0.6 is 0 Å². The third-order valence-corrected chi connectivity index (χ3v) is 6.58. The number of hydrogen-bond donors (Lipinski definition) is 1. The molecule has 1 aliphatic rings. The summed E-state index contributed by atoms with van der Waals surface area (Å²) in [5, 5.41) is 0. The second-order valence-electron chi connectivity index (χ2n) is 9.13. The topological polar surface area (TPSA) is 49.9 Å². The highest BCUT2D eigenvalue weighted by molar-refractivity contribution is 7.67. The van der Waals surface area contributed by atoms with Crippen LogP contribution in [0, 0.1) is 0 Å². The largest absolute Gasteiger partial charge is 0.359 e. The fraction of sp³-hybridized carbons (Fsp3) is 0.920. The monoisotopic (exact) mass is 458 g/mol. The van der Waals surface area contributed by atoms with Crippen molar-refractivity contribution in [2.75, 3.05) is 26.4 Å². The third-order valence-electron chi connectivity index (χ3n) is 6.19. The van der Waals surface area contributed by atoms with Gasteiger partial charge in [0.25, 0.3) is 11.0 Å². The Bertz CT molecular complexity index is 489. The van der Waals surface area contributed by atoms with Gasteiger partial charge in [-0.3, -0.25) is 4.18 Å². The highest BCUT2D eigenvalue weighted by Gasteiger charge is 2.11. The maximum atomic E-state index is 10.3. The summed E-state index contributed by atoms with van der Waals surface area (Å²) in [6, 6.07) is 0. The van der Waals surface area contributed by atoms with Gasteiger partial charge in [-0.2, -0.15) is 0 Å². The molecule has 0 unspecified atom stereocenters. The molecule has 0 fully saturated rings. The summed E-state index contributed by atoms with van der Waals surface area (Å²) in [5.41, 5.74) is 0. The third kappa shape index (κ3) is 18.5. The van der Waals surface area contributed by atoms with Gasteiger partial charge in [-0.15, -0.1) is 0 Å². The molecule has 0 saturated carbocycles. The van der Waals surface area contributed by atoms with E-state index in [4.69, 9.17) is 0 Å². The average Bonchev–Trinajstić information content (AvgIpc) is 3.20. The molecule has 0 aromatic heterocycles. The van der Waals surface area contributed by atoms with Gasteiger partial charge in [0.1, 0.15) is 0 Å². The van der Waals surface area contributed by atoms with Gasteiger partial charge in [-0.25, -0.2) is 8.42 Å².